The van der Waals surface area contributed by atoms with Gasteiger partial charge < -0.3 is 4.90 Å². The Morgan fingerprint density at radius 1 is 1.31 bits per heavy atom. The maximum Gasteiger partial charge on any atom is 0.263 e. The minimum Gasteiger partial charge on any atom is -0.341 e. The largest absolute Gasteiger partial charge is 0.341 e. The highest BCUT2D eigenvalue weighted by molar-refractivity contribution is 7.15. The fourth-order valence-electron chi connectivity index (χ4n) is 3.15. The Hall–Kier alpha value is -2.25. The number of halogens is 2. The second-order valence-corrected chi connectivity index (χ2v) is 7.51. The van der Waals surface area contributed by atoms with Crippen LogP contribution in [0.3, 0.4) is 0 Å². The van der Waals surface area contributed by atoms with Crippen LogP contribution >= 0.6 is 22.9 Å². The highest BCUT2D eigenvalue weighted by Gasteiger charge is 2.20. The first-order valence-electron chi connectivity index (χ1n) is 8.24. The van der Waals surface area contributed by atoms with Gasteiger partial charge in [0, 0.05) is 23.3 Å². The first-order chi connectivity index (χ1) is 12.5. The van der Waals surface area contributed by atoms with Gasteiger partial charge in [0.05, 0.1) is 22.3 Å². The minimum atomic E-state index is -0.511. The van der Waals surface area contributed by atoms with E-state index in [0.717, 1.165) is 25.9 Å². The van der Waals surface area contributed by atoms with Crippen molar-refractivity contribution < 1.29 is 9.18 Å². The lowest BCUT2D eigenvalue weighted by Gasteiger charge is -2.15. The summed E-state index contributed by atoms with van der Waals surface area (Å²) >= 11 is 7.22. The topological polar surface area (TPSA) is 55.2 Å². The van der Waals surface area contributed by atoms with Crippen molar-refractivity contribution in [1.29, 1.82) is 0 Å². The van der Waals surface area contributed by atoms with Crippen molar-refractivity contribution in [2.45, 2.75) is 19.4 Å². The van der Waals surface area contributed by atoms with Crippen LogP contribution < -0.4 is 5.56 Å². The molecule has 2 aromatic heterocycles. The van der Waals surface area contributed by atoms with Crippen LogP contribution in [0.25, 0.3) is 21.3 Å². The Morgan fingerprint density at radius 2 is 2.08 bits per heavy atom. The van der Waals surface area contributed by atoms with E-state index in [0.29, 0.717) is 21.3 Å². The zero-order chi connectivity index (χ0) is 18.3. The van der Waals surface area contributed by atoms with Gasteiger partial charge in [0.1, 0.15) is 12.4 Å². The molecular formula is C18H15ClFN3O2S. The summed E-state index contributed by atoms with van der Waals surface area (Å²) in [6.45, 7) is 1.45. The summed E-state index contributed by atoms with van der Waals surface area (Å²) < 4.78 is 14.8. The van der Waals surface area contributed by atoms with Gasteiger partial charge in [-0.3, -0.25) is 14.2 Å². The Bertz CT molecular complexity index is 1060. The summed E-state index contributed by atoms with van der Waals surface area (Å²) in [7, 11) is 0. The number of likely N-dealkylation sites (tertiary alicyclic amines) is 1. The molecule has 134 valence electrons. The van der Waals surface area contributed by atoms with Crippen LogP contribution in [0.4, 0.5) is 4.39 Å². The number of rotatable bonds is 3. The van der Waals surface area contributed by atoms with Crippen LogP contribution in [0, 0.1) is 5.82 Å². The number of benzene rings is 1. The summed E-state index contributed by atoms with van der Waals surface area (Å²) in [5, 5.41) is 2.20. The maximum absolute atomic E-state index is 13.4. The molecule has 3 aromatic rings. The molecule has 0 spiro atoms. The molecule has 0 unspecified atom stereocenters. The number of carbonyl (C=O) groups is 1. The molecule has 4 rings (SSSR count). The molecule has 1 aliphatic heterocycles. The Kier molecular flexibility index (Phi) is 4.50. The highest BCUT2D eigenvalue weighted by Crippen LogP contribution is 2.33. The molecule has 0 N–H and O–H groups in total. The van der Waals surface area contributed by atoms with Crippen molar-refractivity contribution in [2.75, 3.05) is 13.1 Å². The lowest BCUT2D eigenvalue weighted by Crippen LogP contribution is -2.34. The summed E-state index contributed by atoms with van der Waals surface area (Å²) in [5.74, 6) is -0.588. The van der Waals surface area contributed by atoms with Gasteiger partial charge in [0.25, 0.3) is 5.56 Å². The molecule has 1 saturated heterocycles. The fraction of sp³-hybridized carbons (Fsp3) is 0.278. The zero-order valence-electron chi connectivity index (χ0n) is 13.7. The Morgan fingerprint density at radius 3 is 2.81 bits per heavy atom. The molecule has 1 aromatic carbocycles. The molecule has 0 bridgehead atoms. The van der Waals surface area contributed by atoms with Crippen LogP contribution in [0.2, 0.25) is 5.02 Å². The van der Waals surface area contributed by atoms with E-state index in [4.69, 9.17) is 11.6 Å². The van der Waals surface area contributed by atoms with E-state index in [1.54, 1.807) is 16.3 Å². The third-order valence-corrected chi connectivity index (χ3v) is 5.83. The number of hydrogen-bond donors (Lipinski definition) is 0. The molecule has 1 amide bonds. The van der Waals surface area contributed by atoms with E-state index in [9.17, 15) is 14.0 Å². The summed E-state index contributed by atoms with van der Waals surface area (Å²) in [6, 6.07) is 4.35. The molecule has 0 aliphatic carbocycles. The van der Waals surface area contributed by atoms with Crippen molar-refractivity contribution >= 4 is 39.7 Å². The van der Waals surface area contributed by atoms with Crippen LogP contribution in [0.1, 0.15) is 12.8 Å². The van der Waals surface area contributed by atoms with Gasteiger partial charge in [-0.1, -0.05) is 17.7 Å². The van der Waals surface area contributed by atoms with Gasteiger partial charge >= 0.3 is 0 Å². The van der Waals surface area contributed by atoms with Gasteiger partial charge in [0.15, 0.2) is 0 Å². The first kappa shape index (κ1) is 17.2. The van der Waals surface area contributed by atoms with Crippen LogP contribution in [-0.4, -0.2) is 33.4 Å². The van der Waals surface area contributed by atoms with Crippen molar-refractivity contribution in [2.24, 2.45) is 0 Å². The molecule has 0 saturated carbocycles. The lowest BCUT2D eigenvalue weighted by molar-refractivity contribution is -0.130. The number of amides is 1. The predicted molar refractivity (Wildman–Crippen MR) is 100 cm³/mol. The minimum absolute atomic E-state index is 0.00234. The monoisotopic (exact) mass is 391 g/mol. The smallest absolute Gasteiger partial charge is 0.263 e. The third-order valence-electron chi connectivity index (χ3n) is 4.53. The number of fused-ring (bicyclic) bond motifs is 1. The second-order valence-electron chi connectivity index (χ2n) is 6.22. The first-order valence-corrected chi connectivity index (χ1v) is 9.50. The maximum atomic E-state index is 13.4. The standard InChI is InChI=1S/C18H15ClFN3O2S/c19-12-7-11(3-4-13(12)20)17-16-14(9-26-17)21-10-23(18(16)25)8-15(24)22-5-1-2-6-22/h3-4,7,9-10H,1-2,5-6,8H2. The molecule has 0 atom stereocenters. The summed E-state index contributed by atoms with van der Waals surface area (Å²) in [4.78, 5) is 32.0. The average Bonchev–Trinajstić information content (AvgIpc) is 3.29. The van der Waals surface area contributed by atoms with Crippen LogP contribution in [-0.2, 0) is 11.3 Å². The van der Waals surface area contributed by atoms with Crippen molar-refractivity contribution in [3.05, 3.63) is 51.1 Å². The summed E-state index contributed by atoms with van der Waals surface area (Å²) in [5.41, 5.74) is 0.929. The van der Waals surface area contributed by atoms with Gasteiger partial charge in [0.2, 0.25) is 5.91 Å². The number of hydrogen-bond acceptors (Lipinski definition) is 4. The fourth-order valence-corrected chi connectivity index (χ4v) is 4.31. The zero-order valence-corrected chi connectivity index (χ0v) is 15.3. The molecule has 8 heteroatoms. The third kappa shape index (κ3) is 3.01. The van der Waals surface area contributed by atoms with E-state index >= 15 is 0 Å². The molecule has 0 radical (unpaired) electrons. The van der Waals surface area contributed by atoms with Gasteiger partial charge in [-0.25, -0.2) is 9.37 Å². The van der Waals surface area contributed by atoms with Crippen LogP contribution in [0.5, 0.6) is 0 Å². The average molecular weight is 392 g/mol. The number of carbonyl (C=O) groups excluding carboxylic acids is 1. The van der Waals surface area contributed by atoms with Crippen molar-refractivity contribution in [3.8, 4) is 10.4 Å². The number of aromatic nitrogens is 2. The number of thiophene rings is 1. The SMILES string of the molecule is O=C(Cn1cnc2csc(-c3ccc(F)c(Cl)c3)c2c1=O)N1CCCC1. The molecule has 3 heterocycles. The Labute approximate surface area is 157 Å². The van der Waals surface area contributed by atoms with Crippen molar-refractivity contribution in [1.82, 2.24) is 14.5 Å². The summed E-state index contributed by atoms with van der Waals surface area (Å²) in [6.07, 6.45) is 3.41. The number of nitrogens with zero attached hydrogens (tertiary/aromatic N) is 3. The van der Waals surface area contributed by atoms with E-state index in [1.807, 2.05) is 0 Å². The highest BCUT2D eigenvalue weighted by atomic mass is 35.5. The van der Waals surface area contributed by atoms with E-state index in [-0.39, 0.29) is 23.0 Å². The van der Waals surface area contributed by atoms with Crippen LogP contribution in [0.15, 0.2) is 34.7 Å². The second kappa shape index (κ2) is 6.81. The van der Waals surface area contributed by atoms with E-state index in [2.05, 4.69) is 4.98 Å². The lowest BCUT2D eigenvalue weighted by atomic mass is 10.1. The van der Waals surface area contributed by atoms with Gasteiger partial charge in [-0.15, -0.1) is 11.3 Å². The van der Waals surface area contributed by atoms with E-state index < -0.39 is 5.82 Å². The normalized spacial score (nSPS) is 14.3. The molecule has 26 heavy (non-hydrogen) atoms. The van der Waals surface area contributed by atoms with Crippen molar-refractivity contribution in [3.63, 3.8) is 0 Å². The van der Waals surface area contributed by atoms with Gasteiger partial charge in [-0.05, 0) is 30.5 Å². The van der Waals surface area contributed by atoms with E-state index in [1.165, 1.54) is 34.4 Å². The molecule has 5 nitrogen and oxygen atoms in total. The molecule has 1 aliphatic rings. The molecular weight excluding hydrogens is 377 g/mol. The Balaban J connectivity index is 1.75. The quantitative estimate of drug-likeness (QED) is 0.686. The molecule has 1 fully saturated rings. The predicted octanol–water partition coefficient (Wildman–Crippen LogP) is 3.54. The van der Waals surface area contributed by atoms with Gasteiger partial charge in [-0.2, -0.15) is 0 Å².